The molecule has 0 atom stereocenters. The van der Waals surface area contributed by atoms with Crippen molar-refractivity contribution in [2.24, 2.45) is 5.41 Å². The molecule has 1 N–H and O–H groups in total. The van der Waals surface area contributed by atoms with Gasteiger partial charge in [0.1, 0.15) is 0 Å². The first kappa shape index (κ1) is 10.0. The predicted octanol–water partition coefficient (Wildman–Crippen LogP) is 1.80. The quantitative estimate of drug-likeness (QED) is 0.696. The Labute approximate surface area is 75.7 Å². The van der Waals surface area contributed by atoms with E-state index in [-0.39, 0.29) is 5.54 Å². The first-order valence-corrected chi connectivity index (χ1v) is 4.80. The molecular formula is C10H21NO. The average molecular weight is 171 g/mol. The number of rotatable bonds is 4. The Kier molecular flexibility index (Phi) is 2.79. The Bertz CT molecular complexity index is 138. The fourth-order valence-corrected chi connectivity index (χ4v) is 1.13. The van der Waals surface area contributed by atoms with Crippen LogP contribution in [0, 0.1) is 5.41 Å². The topological polar surface area (TPSA) is 21.3 Å². The van der Waals surface area contributed by atoms with Crippen molar-refractivity contribution in [3.05, 3.63) is 0 Å². The molecule has 1 aliphatic rings. The zero-order valence-corrected chi connectivity index (χ0v) is 8.74. The van der Waals surface area contributed by atoms with Gasteiger partial charge in [-0.2, -0.15) is 0 Å². The standard InChI is InChI=1S/C10H21NO/c1-5-9(2,3)11-6-10(4)7-12-8-10/h11H,5-8H2,1-4H3. The van der Waals surface area contributed by atoms with Crippen LogP contribution < -0.4 is 5.32 Å². The highest BCUT2D eigenvalue weighted by Gasteiger charge is 2.34. The highest BCUT2D eigenvalue weighted by Crippen LogP contribution is 2.26. The van der Waals surface area contributed by atoms with Crippen LogP contribution in [-0.2, 0) is 4.74 Å². The molecule has 12 heavy (non-hydrogen) atoms. The molecule has 0 amide bonds. The number of hydrogen-bond donors (Lipinski definition) is 1. The maximum atomic E-state index is 5.20. The molecule has 0 saturated carbocycles. The molecule has 2 nitrogen and oxygen atoms in total. The van der Waals surface area contributed by atoms with E-state index in [0.717, 1.165) is 19.8 Å². The molecule has 1 rings (SSSR count). The lowest BCUT2D eigenvalue weighted by atomic mass is 9.87. The fraction of sp³-hybridized carbons (Fsp3) is 1.00. The summed E-state index contributed by atoms with van der Waals surface area (Å²) in [5, 5.41) is 3.57. The van der Waals surface area contributed by atoms with Crippen molar-refractivity contribution in [1.29, 1.82) is 0 Å². The van der Waals surface area contributed by atoms with Crippen molar-refractivity contribution in [3.63, 3.8) is 0 Å². The van der Waals surface area contributed by atoms with Crippen LogP contribution in [0.3, 0.4) is 0 Å². The zero-order chi connectivity index (χ0) is 9.24. The van der Waals surface area contributed by atoms with Gasteiger partial charge in [-0.1, -0.05) is 13.8 Å². The Morgan fingerprint density at radius 3 is 2.33 bits per heavy atom. The third kappa shape index (κ3) is 2.46. The Balaban J connectivity index is 2.24. The molecule has 0 unspecified atom stereocenters. The molecule has 1 heterocycles. The number of nitrogens with one attached hydrogen (secondary N) is 1. The summed E-state index contributed by atoms with van der Waals surface area (Å²) < 4.78 is 5.20. The van der Waals surface area contributed by atoms with E-state index in [1.165, 1.54) is 6.42 Å². The summed E-state index contributed by atoms with van der Waals surface area (Å²) in [6.45, 7) is 11.9. The van der Waals surface area contributed by atoms with Gasteiger partial charge < -0.3 is 10.1 Å². The van der Waals surface area contributed by atoms with E-state index in [2.05, 4.69) is 33.0 Å². The third-order valence-corrected chi connectivity index (χ3v) is 2.78. The van der Waals surface area contributed by atoms with Crippen molar-refractivity contribution in [2.45, 2.75) is 39.7 Å². The van der Waals surface area contributed by atoms with Crippen LogP contribution in [0.15, 0.2) is 0 Å². The lowest BCUT2D eigenvalue weighted by molar-refractivity contribution is -0.101. The summed E-state index contributed by atoms with van der Waals surface area (Å²) in [5.74, 6) is 0. The van der Waals surface area contributed by atoms with E-state index in [9.17, 15) is 0 Å². The first-order chi connectivity index (χ1) is 5.47. The second-order valence-electron chi connectivity index (χ2n) is 4.89. The summed E-state index contributed by atoms with van der Waals surface area (Å²) in [4.78, 5) is 0. The molecule has 0 spiro atoms. The van der Waals surface area contributed by atoms with Gasteiger partial charge in [-0.25, -0.2) is 0 Å². The van der Waals surface area contributed by atoms with Gasteiger partial charge in [0.15, 0.2) is 0 Å². The molecule has 1 saturated heterocycles. The van der Waals surface area contributed by atoms with Crippen LogP contribution in [0.2, 0.25) is 0 Å². The summed E-state index contributed by atoms with van der Waals surface area (Å²) in [5.41, 5.74) is 0.672. The zero-order valence-electron chi connectivity index (χ0n) is 8.74. The van der Waals surface area contributed by atoms with E-state index in [4.69, 9.17) is 4.74 Å². The van der Waals surface area contributed by atoms with Gasteiger partial charge in [-0.15, -0.1) is 0 Å². The summed E-state index contributed by atoms with van der Waals surface area (Å²) >= 11 is 0. The van der Waals surface area contributed by atoms with Crippen LogP contribution in [0.25, 0.3) is 0 Å². The van der Waals surface area contributed by atoms with Gasteiger partial charge in [0.2, 0.25) is 0 Å². The van der Waals surface area contributed by atoms with Crippen LogP contribution >= 0.6 is 0 Å². The predicted molar refractivity (Wildman–Crippen MR) is 51.3 cm³/mol. The van der Waals surface area contributed by atoms with E-state index >= 15 is 0 Å². The second kappa shape index (κ2) is 3.35. The molecule has 2 heteroatoms. The van der Waals surface area contributed by atoms with Gasteiger partial charge >= 0.3 is 0 Å². The van der Waals surface area contributed by atoms with Gasteiger partial charge in [-0.05, 0) is 20.3 Å². The van der Waals surface area contributed by atoms with Crippen LogP contribution in [0.1, 0.15) is 34.1 Å². The molecule has 0 aromatic rings. The monoisotopic (exact) mass is 171 g/mol. The van der Waals surface area contributed by atoms with Crippen molar-refractivity contribution in [1.82, 2.24) is 5.32 Å². The minimum atomic E-state index is 0.276. The lowest BCUT2D eigenvalue weighted by Crippen LogP contribution is -2.52. The summed E-state index contributed by atoms with van der Waals surface area (Å²) in [7, 11) is 0. The van der Waals surface area contributed by atoms with Gasteiger partial charge in [0, 0.05) is 17.5 Å². The largest absolute Gasteiger partial charge is 0.380 e. The molecule has 0 aliphatic carbocycles. The minimum Gasteiger partial charge on any atom is -0.380 e. The SMILES string of the molecule is CCC(C)(C)NCC1(C)COC1. The van der Waals surface area contributed by atoms with Crippen molar-refractivity contribution in [3.8, 4) is 0 Å². The molecule has 72 valence electrons. The van der Waals surface area contributed by atoms with Gasteiger partial charge in [0.05, 0.1) is 13.2 Å². The highest BCUT2D eigenvalue weighted by atomic mass is 16.5. The Hall–Kier alpha value is -0.0800. The van der Waals surface area contributed by atoms with Crippen molar-refractivity contribution < 1.29 is 4.74 Å². The van der Waals surface area contributed by atoms with Gasteiger partial charge in [0.25, 0.3) is 0 Å². The molecule has 0 radical (unpaired) electrons. The smallest absolute Gasteiger partial charge is 0.0554 e. The molecule has 0 aromatic heterocycles. The van der Waals surface area contributed by atoms with Gasteiger partial charge in [-0.3, -0.25) is 0 Å². The molecule has 0 aromatic carbocycles. The van der Waals surface area contributed by atoms with Crippen LogP contribution in [-0.4, -0.2) is 25.3 Å². The Morgan fingerprint density at radius 2 is 2.00 bits per heavy atom. The van der Waals surface area contributed by atoms with Crippen molar-refractivity contribution in [2.75, 3.05) is 19.8 Å². The fourth-order valence-electron chi connectivity index (χ4n) is 1.13. The number of hydrogen-bond acceptors (Lipinski definition) is 2. The van der Waals surface area contributed by atoms with Crippen molar-refractivity contribution >= 4 is 0 Å². The average Bonchev–Trinajstić information content (AvgIpc) is 1.98. The second-order valence-corrected chi connectivity index (χ2v) is 4.89. The highest BCUT2D eigenvalue weighted by molar-refractivity contribution is 4.86. The molecular weight excluding hydrogens is 150 g/mol. The van der Waals surface area contributed by atoms with E-state index in [0.29, 0.717) is 5.41 Å². The van der Waals surface area contributed by atoms with Crippen LogP contribution in [0.5, 0.6) is 0 Å². The maximum Gasteiger partial charge on any atom is 0.0554 e. The number of ether oxygens (including phenoxy) is 1. The molecule has 0 bridgehead atoms. The van der Waals surface area contributed by atoms with Crippen LogP contribution in [0.4, 0.5) is 0 Å². The summed E-state index contributed by atoms with van der Waals surface area (Å²) in [6, 6.07) is 0. The van der Waals surface area contributed by atoms with E-state index in [1.807, 2.05) is 0 Å². The Morgan fingerprint density at radius 1 is 1.42 bits per heavy atom. The van der Waals surface area contributed by atoms with E-state index < -0.39 is 0 Å². The third-order valence-electron chi connectivity index (χ3n) is 2.78. The molecule has 1 aliphatic heterocycles. The lowest BCUT2D eigenvalue weighted by Gasteiger charge is -2.40. The normalized spacial score (nSPS) is 22.0. The first-order valence-electron chi connectivity index (χ1n) is 4.80. The maximum absolute atomic E-state index is 5.20. The minimum absolute atomic E-state index is 0.276. The summed E-state index contributed by atoms with van der Waals surface area (Å²) in [6.07, 6.45) is 1.17. The molecule has 1 fully saturated rings. The van der Waals surface area contributed by atoms with E-state index in [1.54, 1.807) is 0 Å².